The van der Waals surface area contributed by atoms with E-state index in [0.717, 1.165) is 12.3 Å². The van der Waals surface area contributed by atoms with Crippen molar-refractivity contribution in [1.29, 1.82) is 0 Å². The van der Waals surface area contributed by atoms with E-state index in [-0.39, 0.29) is 0 Å². The van der Waals surface area contributed by atoms with Gasteiger partial charge in [0.25, 0.3) is 0 Å². The van der Waals surface area contributed by atoms with Gasteiger partial charge in [-0.1, -0.05) is 26.0 Å². The molecule has 13 heavy (non-hydrogen) atoms. The van der Waals surface area contributed by atoms with Crippen LogP contribution in [-0.2, 0) is 6.54 Å². The van der Waals surface area contributed by atoms with Crippen LogP contribution < -0.4 is 10.1 Å². The van der Waals surface area contributed by atoms with Gasteiger partial charge in [0.1, 0.15) is 5.75 Å². The molecule has 0 aliphatic rings. The first-order chi connectivity index (χ1) is 6.22. The minimum atomic E-state index is 0.520. The van der Waals surface area contributed by atoms with Gasteiger partial charge in [0.2, 0.25) is 0 Å². The SMILES string of the molecule is COc1cccc(CNC(C)C)c1. The van der Waals surface area contributed by atoms with E-state index in [1.807, 2.05) is 12.1 Å². The van der Waals surface area contributed by atoms with Crippen LogP contribution in [-0.4, -0.2) is 13.2 Å². The predicted molar refractivity (Wildman–Crippen MR) is 55.0 cm³/mol. The highest BCUT2D eigenvalue weighted by atomic mass is 16.5. The summed E-state index contributed by atoms with van der Waals surface area (Å²) in [6, 6.07) is 8.63. The molecule has 0 unspecified atom stereocenters. The van der Waals surface area contributed by atoms with E-state index >= 15 is 0 Å². The first-order valence-corrected chi connectivity index (χ1v) is 4.58. The van der Waals surface area contributed by atoms with E-state index in [4.69, 9.17) is 4.74 Å². The monoisotopic (exact) mass is 179 g/mol. The molecule has 0 bridgehead atoms. The molecular formula is C11H17NO. The van der Waals surface area contributed by atoms with E-state index in [1.54, 1.807) is 7.11 Å². The van der Waals surface area contributed by atoms with Crippen molar-refractivity contribution < 1.29 is 4.74 Å². The van der Waals surface area contributed by atoms with Gasteiger partial charge in [-0.05, 0) is 17.7 Å². The molecule has 0 amide bonds. The molecule has 0 aliphatic heterocycles. The Balaban J connectivity index is 2.56. The number of hydrogen-bond donors (Lipinski definition) is 1. The van der Waals surface area contributed by atoms with Crippen molar-refractivity contribution in [1.82, 2.24) is 5.32 Å². The summed E-state index contributed by atoms with van der Waals surface area (Å²) < 4.78 is 5.13. The van der Waals surface area contributed by atoms with Crippen LogP contribution in [0.1, 0.15) is 19.4 Å². The first kappa shape index (κ1) is 10.1. The van der Waals surface area contributed by atoms with Gasteiger partial charge in [0.15, 0.2) is 0 Å². The molecule has 0 heterocycles. The zero-order chi connectivity index (χ0) is 9.68. The molecule has 0 aliphatic carbocycles. The fourth-order valence-corrected chi connectivity index (χ4v) is 1.10. The summed E-state index contributed by atoms with van der Waals surface area (Å²) in [5.74, 6) is 0.919. The smallest absolute Gasteiger partial charge is 0.119 e. The molecule has 1 aromatic carbocycles. The van der Waals surface area contributed by atoms with Crippen LogP contribution in [0.2, 0.25) is 0 Å². The Morgan fingerprint density at radius 3 is 2.77 bits per heavy atom. The second kappa shape index (κ2) is 4.87. The summed E-state index contributed by atoms with van der Waals surface area (Å²) in [6.07, 6.45) is 0. The summed E-state index contributed by atoms with van der Waals surface area (Å²) in [5, 5.41) is 3.36. The lowest BCUT2D eigenvalue weighted by molar-refractivity contribution is 0.414. The van der Waals surface area contributed by atoms with Crippen molar-refractivity contribution in [2.24, 2.45) is 0 Å². The maximum atomic E-state index is 5.13. The fourth-order valence-electron chi connectivity index (χ4n) is 1.10. The number of methoxy groups -OCH3 is 1. The average Bonchev–Trinajstić information content (AvgIpc) is 2.15. The van der Waals surface area contributed by atoms with Gasteiger partial charge in [-0.3, -0.25) is 0 Å². The van der Waals surface area contributed by atoms with Gasteiger partial charge in [-0.2, -0.15) is 0 Å². The second-order valence-electron chi connectivity index (χ2n) is 3.39. The molecule has 0 atom stereocenters. The van der Waals surface area contributed by atoms with Crippen molar-refractivity contribution >= 4 is 0 Å². The van der Waals surface area contributed by atoms with Crippen molar-refractivity contribution in [3.8, 4) is 5.75 Å². The third-order valence-corrected chi connectivity index (χ3v) is 1.85. The van der Waals surface area contributed by atoms with Gasteiger partial charge >= 0.3 is 0 Å². The maximum absolute atomic E-state index is 5.13. The van der Waals surface area contributed by atoms with Crippen LogP contribution in [0.5, 0.6) is 5.75 Å². The van der Waals surface area contributed by atoms with Gasteiger partial charge in [0, 0.05) is 12.6 Å². The summed E-state index contributed by atoms with van der Waals surface area (Å²) in [5.41, 5.74) is 1.26. The van der Waals surface area contributed by atoms with Gasteiger partial charge in [0.05, 0.1) is 7.11 Å². The third kappa shape index (κ3) is 3.47. The Hall–Kier alpha value is -1.02. The summed E-state index contributed by atoms with van der Waals surface area (Å²) in [6.45, 7) is 5.18. The topological polar surface area (TPSA) is 21.3 Å². The minimum absolute atomic E-state index is 0.520. The molecule has 0 spiro atoms. The summed E-state index contributed by atoms with van der Waals surface area (Å²) >= 11 is 0. The van der Waals surface area contributed by atoms with Crippen LogP contribution in [0.25, 0.3) is 0 Å². The maximum Gasteiger partial charge on any atom is 0.119 e. The number of hydrogen-bond acceptors (Lipinski definition) is 2. The molecular weight excluding hydrogens is 162 g/mol. The molecule has 0 aromatic heterocycles. The average molecular weight is 179 g/mol. The molecule has 0 radical (unpaired) electrons. The number of ether oxygens (including phenoxy) is 1. The van der Waals surface area contributed by atoms with Crippen molar-refractivity contribution in [2.45, 2.75) is 26.4 Å². The van der Waals surface area contributed by atoms with E-state index in [0.29, 0.717) is 6.04 Å². The molecule has 1 N–H and O–H groups in total. The van der Waals surface area contributed by atoms with Crippen molar-refractivity contribution in [3.63, 3.8) is 0 Å². The first-order valence-electron chi connectivity index (χ1n) is 4.58. The van der Waals surface area contributed by atoms with E-state index in [9.17, 15) is 0 Å². The molecule has 0 saturated carbocycles. The van der Waals surface area contributed by atoms with E-state index in [2.05, 4.69) is 31.3 Å². The lowest BCUT2D eigenvalue weighted by atomic mass is 10.2. The van der Waals surface area contributed by atoms with Crippen LogP contribution in [0.4, 0.5) is 0 Å². The summed E-state index contributed by atoms with van der Waals surface area (Å²) in [7, 11) is 1.69. The lowest BCUT2D eigenvalue weighted by Crippen LogP contribution is -2.21. The highest BCUT2D eigenvalue weighted by Crippen LogP contribution is 2.12. The van der Waals surface area contributed by atoms with Crippen LogP contribution in [0.3, 0.4) is 0 Å². The minimum Gasteiger partial charge on any atom is -0.497 e. The lowest BCUT2D eigenvalue weighted by Gasteiger charge is -2.08. The fraction of sp³-hybridized carbons (Fsp3) is 0.455. The number of rotatable bonds is 4. The van der Waals surface area contributed by atoms with Gasteiger partial charge in [-0.15, -0.1) is 0 Å². The van der Waals surface area contributed by atoms with Crippen molar-refractivity contribution in [2.75, 3.05) is 7.11 Å². The standard InChI is InChI=1S/C11H17NO/c1-9(2)12-8-10-5-4-6-11(7-10)13-3/h4-7,9,12H,8H2,1-3H3. The zero-order valence-corrected chi connectivity index (χ0v) is 8.50. The molecule has 2 heteroatoms. The normalized spacial score (nSPS) is 10.5. The molecule has 1 aromatic rings. The number of benzene rings is 1. The van der Waals surface area contributed by atoms with Gasteiger partial charge in [-0.25, -0.2) is 0 Å². The Labute approximate surface area is 79.9 Å². The third-order valence-electron chi connectivity index (χ3n) is 1.85. The van der Waals surface area contributed by atoms with Crippen LogP contribution in [0, 0.1) is 0 Å². The quantitative estimate of drug-likeness (QED) is 0.765. The number of nitrogens with one attached hydrogen (secondary N) is 1. The van der Waals surface area contributed by atoms with Gasteiger partial charge < -0.3 is 10.1 Å². The Bertz CT molecular complexity index is 258. The van der Waals surface area contributed by atoms with Crippen LogP contribution in [0.15, 0.2) is 24.3 Å². The molecule has 0 saturated heterocycles. The van der Waals surface area contributed by atoms with E-state index in [1.165, 1.54) is 5.56 Å². The summed E-state index contributed by atoms with van der Waals surface area (Å²) in [4.78, 5) is 0. The largest absolute Gasteiger partial charge is 0.497 e. The molecule has 1 rings (SSSR count). The Kier molecular flexibility index (Phi) is 3.77. The zero-order valence-electron chi connectivity index (χ0n) is 8.50. The highest BCUT2D eigenvalue weighted by Gasteiger charge is 1.96. The molecule has 2 nitrogen and oxygen atoms in total. The predicted octanol–water partition coefficient (Wildman–Crippen LogP) is 2.19. The molecule has 72 valence electrons. The molecule has 0 fully saturated rings. The Morgan fingerprint density at radius 2 is 2.15 bits per heavy atom. The second-order valence-corrected chi connectivity index (χ2v) is 3.39. The van der Waals surface area contributed by atoms with Crippen LogP contribution >= 0.6 is 0 Å². The Morgan fingerprint density at radius 1 is 1.38 bits per heavy atom. The van der Waals surface area contributed by atoms with E-state index < -0.39 is 0 Å². The highest BCUT2D eigenvalue weighted by molar-refractivity contribution is 5.28. The van der Waals surface area contributed by atoms with Crippen molar-refractivity contribution in [3.05, 3.63) is 29.8 Å².